The van der Waals surface area contributed by atoms with Gasteiger partial charge in [0.25, 0.3) is 11.8 Å². The van der Waals surface area contributed by atoms with Crippen LogP contribution in [-0.4, -0.2) is 34.0 Å². The lowest BCUT2D eigenvalue weighted by atomic mass is 10.0. The molecule has 0 saturated heterocycles. The van der Waals surface area contributed by atoms with Crippen LogP contribution in [0.4, 0.5) is 11.4 Å². The number of thioether (sulfide) groups is 1. The van der Waals surface area contributed by atoms with Gasteiger partial charge in [0.15, 0.2) is 0 Å². The van der Waals surface area contributed by atoms with E-state index >= 15 is 0 Å². The van der Waals surface area contributed by atoms with Gasteiger partial charge in [0, 0.05) is 21.8 Å². The van der Waals surface area contributed by atoms with Crippen molar-refractivity contribution in [2.45, 2.75) is 17.1 Å². The molecule has 47 heavy (non-hydrogen) atoms. The maximum Gasteiger partial charge on any atom is 0.335 e. The quantitative estimate of drug-likeness (QED) is 0.0871. The third-order valence-corrected chi connectivity index (χ3v) is 8.14. The smallest absolute Gasteiger partial charge is 0.335 e. The summed E-state index contributed by atoms with van der Waals surface area (Å²) < 4.78 is 0. The van der Waals surface area contributed by atoms with Crippen molar-refractivity contribution in [1.29, 1.82) is 0 Å². The number of hydrogen-bond donors (Lipinski definition) is 4. The minimum Gasteiger partial charge on any atom is -0.478 e. The van der Waals surface area contributed by atoms with Gasteiger partial charge in [-0.15, -0.1) is 11.8 Å². The summed E-state index contributed by atoms with van der Waals surface area (Å²) in [6.07, 6.45) is 1.63. The second-order valence-corrected chi connectivity index (χ2v) is 11.9. The molecular weight excluding hydrogens is 611 g/mol. The fraction of sp³-hybridized carbons (Fsp3) is 0.0526. The summed E-state index contributed by atoms with van der Waals surface area (Å²) >= 11 is 1.31. The topological polar surface area (TPSA) is 125 Å². The summed E-state index contributed by atoms with van der Waals surface area (Å²) in [5, 5.41) is 17.1. The Morgan fingerprint density at radius 1 is 0.660 bits per heavy atom. The number of carbonyl (C=O) groups is 4. The van der Waals surface area contributed by atoms with Crippen LogP contribution < -0.4 is 16.0 Å². The Labute approximate surface area is 276 Å². The van der Waals surface area contributed by atoms with E-state index in [4.69, 9.17) is 0 Å². The molecule has 4 N–H and O–H groups in total. The van der Waals surface area contributed by atoms with Gasteiger partial charge in [0.05, 0.1) is 10.8 Å². The molecule has 0 aliphatic carbocycles. The number of carboxylic acids is 1. The zero-order chi connectivity index (χ0) is 33.2. The molecule has 0 bridgehead atoms. The molecule has 9 heteroatoms. The van der Waals surface area contributed by atoms with Crippen molar-refractivity contribution in [1.82, 2.24) is 5.32 Å². The number of rotatable bonds is 11. The molecule has 5 aromatic rings. The molecule has 0 spiro atoms. The average Bonchev–Trinajstić information content (AvgIpc) is 3.10. The van der Waals surface area contributed by atoms with Gasteiger partial charge in [-0.3, -0.25) is 14.4 Å². The maximum atomic E-state index is 13.5. The number of amides is 3. The minimum atomic E-state index is -1.07. The predicted octanol–water partition coefficient (Wildman–Crippen LogP) is 7.58. The lowest BCUT2D eigenvalue weighted by Gasteiger charge is -2.14. The van der Waals surface area contributed by atoms with E-state index in [0.717, 1.165) is 21.6 Å². The van der Waals surface area contributed by atoms with E-state index in [1.165, 1.54) is 23.9 Å². The van der Waals surface area contributed by atoms with E-state index in [2.05, 4.69) is 16.0 Å². The van der Waals surface area contributed by atoms with Gasteiger partial charge in [-0.25, -0.2) is 4.79 Å². The first-order valence-corrected chi connectivity index (χ1v) is 15.6. The number of carbonyl (C=O) groups excluding carboxylic acids is 3. The number of nitrogens with one attached hydrogen (secondary N) is 3. The molecule has 0 heterocycles. The van der Waals surface area contributed by atoms with Crippen LogP contribution in [0, 0.1) is 0 Å². The van der Waals surface area contributed by atoms with Crippen LogP contribution >= 0.6 is 11.8 Å². The maximum absolute atomic E-state index is 13.5. The van der Waals surface area contributed by atoms with Crippen molar-refractivity contribution < 1.29 is 24.3 Å². The van der Waals surface area contributed by atoms with Crippen LogP contribution in [0.5, 0.6) is 0 Å². The predicted molar refractivity (Wildman–Crippen MR) is 186 cm³/mol. The lowest BCUT2D eigenvalue weighted by Crippen LogP contribution is -2.30. The summed E-state index contributed by atoms with van der Waals surface area (Å²) in [7, 11) is 0. The summed E-state index contributed by atoms with van der Waals surface area (Å²) in [6.45, 7) is 1.75. The Balaban J connectivity index is 1.27. The molecular formula is C38H31N3O5S. The van der Waals surface area contributed by atoms with Crippen molar-refractivity contribution in [3.8, 4) is 11.1 Å². The Morgan fingerprint density at radius 2 is 1.28 bits per heavy atom. The summed E-state index contributed by atoms with van der Waals surface area (Å²) in [5.74, 6) is -2.27. The SMILES string of the molecule is CC(Sc1ccc(NC(=O)/C(=C/c2ccc(-c3ccccc3)cc2)NC(=O)c2ccccc2)cc1)C(=O)Nc1cccc(C(=O)O)c1. The Hall–Kier alpha value is -5.93. The lowest BCUT2D eigenvalue weighted by molar-refractivity contribution is -0.115. The van der Waals surface area contributed by atoms with Crippen molar-refractivity contribution in [3.05, 3.63) is 156 Å². The first-order valence-electron chi connectivity index (χ1n) is 14.7. The molecule has 234 valence electrons. The van der Waals surface area contributed by atoms with Gasteiger partial charge in [0.2, 0.25) is 5.91 Å². The zero-order valence-electron chi connectivity index (χ0n) is 25.3. The van der Waals surface area contributed by atoms with Crippen LogP contribution in [0.1, 0.15) is 33.2 Å². The number of benzene rings is 5. The van der Waals surface area contributed by atoms with Crippen LogP contribution in [0.3, 0.4) is 0 Å². The van der Waals surface area contributed by atoms with E-state index in [1.54, 1.807) is 73.7 Å². The third kappa shape index (κ3) is 9.06. The zero-order valence-corrected chi connectivity index (χ0v) is 26.2. The first-order chi connectivity index (χ1) is 22.7. The Morgan fingerprint density at radius 3 is 1.94 bits per heavy atom. The minimum absolute atomic E-state index is 0.0713. The highest BCUT2D eigenvalue weighted by Crippen LogP contribution is 2.26. The monoisotopic (exact) mass is 641 g/mol. The molecule has 5 aromatic carbocycles. The van der Waals surface area contributed by atoms with Crippen LogP contribution in [0.15, 0.2) is 144 Å². The van der Waals surface area contributed by atoms with Gasteiger partial charge in [-0.1, -0.05) is 78.9 Å². The Kier molecular flexibility index (Phi) is 10.6. The van der Waals surface area contributed by atoms with E-state index in [1.807, 2.05) is 60.7 Å². The third-order valence-electron chi connectivity index (χ3n) is 7.03. The van der Waals surface area contributed by atoms with E-state index in [9.17, 15) is 24.3 Å². The van der Waals surface area contributed by atoms with Gasteiger partial charge in [0.1, 0.15) is 5.70 Å². The molecule has 3 amide bonds. The first kappa shape index (κ1) is 32.5. The highest BCUT2D eigenvalue weighted by molar-refractivity contribution is 8.00. The standard InChI is InChI=1S/C38H31N3O5S/c1-25(35(42)40-32-14-8-13-30(24-32)38(45)46)47-33-21-19-31(20-22-33)39-37(44)34(41-36(43)29-11-6-3-7-12-29)23-26-15-17-28(18-16-26)27-9-4-2-5-10-27/h2-25H,1H3,(H,39,44)(H,40,42)(H,41,43)(H,45,46)/b34-23-. The van der Waals surface area contributed by atoms with Crippen LogP contribution in [0.2, 0.25) is 0 Å². The van der Waals surface area contributed by atoms with Gasteiger partial charge in [-0.05, 0) is 84.3 Å². The van der Waals surface area contributed by atoms with Crippen molar-refractivity contribution in [3.63, 3.8) is 0 Å². The highest BCUT2D eigenvalue weighted by atomic mass is 32.2. The van der Waals surface area contributed by atoms with Gasteiger partial charge in [-0.2, -0.15) is 0 Å². The molecule has 1 atom stereocenters. The van der Waals surface area contributed by atoms with Crippen LogP contribution in [0.25, 0.3) is 17.2 Å². The molecule has 0 radical (unpaired) electrons. The van der Waals surface area contributed by atoms with Crippen LogP contribution in [-0.2, 0) is 9.59 Å². The van der Waals surface area contributed by atoms with E-state index in [0.29, 0.717) is 16.9 Å². The largest absolute Gasteiger partial charge is 0.478 e. The number of carboxylic acid groups (broad SMARTS) is 1. The summed E-state index contributed by atoms with van der Waals surface area (Å²) in [6, 6.07) is 39.3. The van der Waals surface area contributed by atoms with Crippen molar-refractivity contribution in [2.24, 2.45) is 0 Å². The summed E-state index contributed by atoms with van der Waals surface area (Å²) in [4.78, 5) is 51.2. The molecule has 1 unspecified atom stereocenters. The number of hydrogen-bond acceptors (Lipinski definition) is 5. The second kappa shape index (κ2) is 15.4. The van der Waals surface area contributed by atoms with Crippen molar-refractivity contribution >= 4 is 52.9 Å². The van der Waals surface area contributed by atoms with Gasteiger partial charge >= 0.3 is 5.97 Å². The summed E-state index contributed by atoms with van der Waals surface area (Å²) in [5.41, 5.74) is 4.30. The molecule has 5 rings (SSSR count). The molecule has 0 aliphatic rings. The fourth-order valence-corrected chi connectivity index (χ4v) is 5.43. The van der Waals surface area contributed by atoms with E-state index in [-0.39, 0.29) is 17.2 Å². The normalized spacial score (nSPS) is 11.6. The fourth-order valence-electron chi connectivity index (χ4n) is 4.56. The Bertz CT molecular complexity index is 1910. The molecule has 8 nitrogen and oxygen atoms in total. The molecule has 0 aliphatic heterocycles. The second-order valence-electron chi connectivity index (χ2n) is 10.5. The average molecular weight is 642 g/mol. The molecule has 0 fully saturated rings. The van der Waals surface area contributed by atoms with E-state index < -0.39 is 23.0 Å². The number of aromatic carboxylic acids is 1. The highest BCUT2D eigenvalue weighted by Gasteiger charge is 2.17. The van der Waals surface area contributed by atoms with Crippen molar-refractivity contribution in [2.75, 3.05) is 10.6 Å². The van der Waals surface area contributed by atoms with Gasteiger partial charge < -0.3 is 21.1 Å². The molecule has 0 saturated carbocycles. The molecule has 0 aromatic heterocycles. The number of anilines is 2.